The van der Waals surface area contributed by atoms with E-state index in [0.717, 1.165) is 5.56 Å². The maximum atomic E-state index is 12.9. The van der Waals surface area contributed by atoms with Gasteiger partial charge in [0.05, 0.1) is 18.3 Å². The Morgan fingerprint density at radius 1 is 1.30 bits per heavy atom. The number of rotatable bonds is 5. The Bertz CT molecular complexity index is 682. The molecule has 0 aliphatic rings. The summed E-state index contributed by atoms with van der Waals surface area (Å²) in [4.78, 5) is 18.4. The van der Waals surface area contributed by atoms with Gasteiger partial charge in [0.25, 0.3) is 0 Å². The van der Waals surface area contributed by atoms with Gasteiger partial charge in [-0.15, -0.1) is 0 Å². The van der Waals surface area contributed by atoms with Gasteiger partial charge in [-0.1, -0.05) is 16.0 Å². The summed E-state index contributed by atoms with van der Waals surface area (Å²) in [6, 6.07) is 3.51. The maximum Gasteiger partial charge on any atom is 0.411 e. The lowest BCUT2D eigenvalue weighted by molar-refractivity contribution is 0.00730. The first kappa shape index (κ1) is 23.7. The topological polar surface area (TPSA) is 77.8 Å². The molecule has 0 aromatic carbocycles. The van der Waals surface area contributed by atoms with Crippen molar-refractivity contribution in [2.45, 2.75) is 71.3 Å². The van der Waals surface area contributed by atoms with Gasteiger partial charge in [0.2, 0.25) is 0 Å². The normalized spacial score (nSPS) is 14.3. The highest BCUT2D eigenvalue weighted by atomic mass is 35.5. The van der Waals surface area contributed by atoms with Crippen LogP contribution >= 0.6 is 11.6 Å². The highest BCUT2D eigenvalue weighted by Crippen LogP contribution is 2.30. The van der Waals surface area contributed by atoms with Crippen LogP contribution in [0.15, 0.2) is 22.7 Å². The van der Waals surface area contributed by atoms with Gasteiger partial charge in [-0.05, 0) is 73.1 Å². The fourth-order valence-electron chi connectivity index (χ4n) is 2.13. The predicted molar refractivity (Wildman–Crippen MR) is 112 cm³/mol. The molecule has 0 radical (unpaired) electrons. The van der Waals surface area contributed by atoms with Crippen LogP contribution in [0.3, 0.4) is 0 Å². The molecule has 0 fully saturated rings. The van der Waals surface area contributed by atoms with Crippen LogP contribution in [0.25, 0.3) is 0 Å². The summed E-state index contributed by atoms with van der Waals surface area (Å²) in [6.07, 6.45) is 2.60. The lowest BCUT2D eigenvalue weighted by atomic mass is 9.93. The molecule has 27 heavy (non-hydrogen) atoms. The molecule has 8 heteroatoms. The van der Waals surface area contributed by atoms with Crippen LogP contribution in [0.2, 0.25) is 5.15 Å². The molecule has 6 nitrogen and oxygen atoms in total. The van der Waals surface area contributed by atoms with Gasteiger partial charge < -0.3 is 9.29 Å². The standard InChI is InChI=1S/C19H30ClN3O3S/c1-17(2,3)26-16(24)23(12-11-22-27(25)18(4,5)6)19(7,8)14-9-10-21-15(20)13-14/h9-11,13H,12H2,1-8H3/t27-/m1/s1. The molecule has 0 saturated carbocycles. The molecule has 152 valence electrons. The molecule has 1 heterocycles. The van der Waals surface area contributed by atoms with Crippen molar-refractivity contribution in [3.63, 3.8) is 0 Å². The Balaban J connectivity index is 3.17. The number of aromatic nitrogens is 1. The molecular weight excluding hydrogens is 386 g/mol. The van der Waals surface area contributed by atoms with E-state index in [0.29, 0.717) is 5.15 Å². The molecule has 0 N–H and O–H groups in total. The Hall–Kier alpha value is -1.31. The van der Waals surface area contributed by atoms with Crippen molar-refractivity contribution in [2.24, 2.45) is 4.40 Å². The van der Waals surface area contributed by atoms with Crippen molar-refractivity contribution in [1.29, 1.82) is 0 Å². The molecule has 1 amide bonds. The van der Waals surface area contributed by atoms with Crippen LogP contribution in [-0.4, -0.2) is 43.6 Å². The van der Waals surface area contributed by atoms with Gasteiger partial charge >= 0.3 is 6.09 Å². The first-order valence-corrected chi connectivity index (χ1v) is 10.2. The second-order valence-electron chi connectivity index (χ2n) is 8.67. The van der Waals surface area contributed by atoms with E-state index in [1.807, 2.05) is 55.4 Å². The van der Waals surface area contributed by atoms with Crippen molar-refractivity contribution < 1.29 is 14.1 Å². The Labute approximate surface area is 170 Å². The summed E-state index contributed by atoms with van der Waals surface area (Å²) in [5.74, 6) is 0. The summed E-state index contributed by atoms with van der Waals surface area (Å²) >= 11 is 4.62. The number of carbonyl (C=O) groups is 1. The van der Waals surface area contributed by atoms with Crippen LogP contribution in [0.5, 0.6) is 0 Å². The molecule has 0 saturated heterocycles. The minimum absolute atomic E-state index is 0.143. The van der Waals surface area contributed by atoms with Crippen molar-refractivity contribution in [3.05, 3.63) is 29.0 Å². The lowest BCUT2D eigenvalue weighted by Crippen LogP contribution is -2.48. The van der Waals surface area contributed by atoms with E-state index >= 15 is 0 Å². The van der Waals surface area contributed by atoms with Crippen LogP contribution in [0, 0.1) is 0 Å². The van der Waals surface area contributed by atoms with E-state index < -0.39 is 33.3 Å². The van der Waals surface area contributed by atoms with Gasteiger partial charge in [0, 0.05) is 6.20 Å². The number of hydrogen-bond donors (Lipinski definition) is 0. The zero-order valence-electron chi connectivity index (χ0n) is 17.4. The van der Waals surface area contributed by atoms with E-state index in [2.05, 4.69) is 9.38 Å². The fourth-order valence-corrected chi connectivity index (χ4v) is 2.82. The number of ether oxygens (including phenoxy) is 1. The molecule has 1 atom stereocenters. The molecule has 0 aliphatic carbocycles. The highest BCUT2D eigenvalue weighted by molar-refractivity contribution is 7.91. The van der Waals surface area contributed by atoms with Gasteiger partial charge in [-0.2, -0.15) is 0 Å². The number of pyridine rings is 1. The van der Waals surface area contributed by atoms with Crippen LogP contribution in [0.4, 0.5) is 4.79 Å². The van der Waals surface area contributed by atoms with E-state index in [1.54, 1.807) is 18.3 Å². The predicted octanol–water partition coefficient (Wildman–Crippen LogP) is 4.74. The average Bonchev–Trinajstić information content (AvgIpc) is 2.48. The molecule has 0 spiro atoms. The molecule has 1 aromatic heterocycles. The average molecular weight is 416 g/mol. The lowest BCUT2D eigenvalue weighted by Gasteiger charge is -2.39. The zero-order chi connectivity index (χ0) is 21.0. The van der Waals surface area contributed by atoms with Gasteiger partial charge in [0.1, 0.15) is 26.9 Å². The Kier molecular flexibility index (Phi) is 7.73. The molecule has 0 unspecified atom stereocenters. The number of hydrogen-bond acceptors (Lipinski definition) is 5. The summed E-state index contributed by atoms with van der Waals surface area (Å²) in [6.45, 7) is 14.9. The van der Waals surface area contributed by atoms with Gasteiger partial charge in [0.15, 0.2) is 0 Å². The summed E-state index contributed by atoms with van der Waals surface area (Å²) in [5, 5.41) is 0.340. The van der Waals surface area contributed by atoms with E-state index in [9.17, 15) is 9.35 Å². The maximum absolute atomic E-state index is 12.9. The molecular formula is C19H30ClN3O3S. The van der Waals surface area contributed by atoms with E-state index in [4.69, 9.17) is 16.3 Å². The molecule has 1 aromatic rings. The van der Waals surface area contributed by atoms with Crippen molar-refractivity contribution in [2.75, 3.05) is 6.54 Å². The van der Waals surface area contributed by atoms with E-state index in [1.165, 1.54) is 11.1 Å². The van der Waals surface area contributed by atoms with Crippen LogP contribution in [0.1, 0.15) is 61.0 Å². The number of carbonyl (C=O) groups excluding carboxylic acids is 1. The summed E-state index contributed by atoms with van der Waals surface area (Å²) < 4.78 is 21.4. The molecule has 0 aliphatic heterocycles. The molecule has 0 bridgehead atoms. The quantitative estimate of drug-likeness (QED) is 0.395. The van der Waals surface area contributed by atoms with Crippen LogP contribution < -0.4 is 0 Å². The van der Waals surface area contributed by atoms with Crippen molar-refractivity contribution in [1.82, 2.24) is 9.88 Å². The first-order chi connectivity index (χ1) is 12.1. The summed E-state index contributed by atoms with van der Waals surface area (Å²) in [5.41, 5.74) is -0.588. The third-order valence-corrected chi connectivity index (χ3v) is 5.28. The van der Waals surface area contributed by atoms with Gasteiger partial charge in [-0.3, -0.25) is 4.90 Å². The largest absolute Gasteiger partial charge is 0.591 e. The van der Waals surface area contributed by atoms with Crippen LogP contribution in [-0.2, 0) is 21.6 Å². The Morgan fingerprint density at radius 3 is 2.37 bits per heavy atom. The third-order valence-electron chi connectivity index (χ3n) is 3.68. The number of nitrogens with zero attached hydrogens (tertiary/aromatic N) is 3. The third kappa shape index (κ3) is 7.31. The Morgan fingerprint density at radius 2 is 1.89 bits per heavy atom. The minimum atomic E-state index is -1.40. The minimum Gasteiger partial charge on any atom is -0.591 e. The monoisotopic (exact) mass is 415 g/mol. The second kappa shape index (κ2) is 8.80. The van der Waals surface area contributed by atoms with Crippen molar-refractivity contribution >= 4 is 35.3 Å². The fraction of sp³-hybridized carbons (Fsp3) is 0.632. The highest BCUT2D eigenvalue weighted by Gasteiger charge is 2.35. The van der Waals surface area contributed by atoms with E-state index in [-0.39, 0.29) is 6.54 Å². The smallest absolute Gasteiger partial charge is 0.411 e. The molecule has 1 rings (SSSR count). The SMILES string of the molecule is CC(C)(C)OC(=O)N(CC=N[S@+]([O-])C(C)(C)C)C(C)(C)c1ccnc(Cl)c1. The second-order valence-corrected chi connectivity index (χ2v) is 11.0. The zero-order valence-corrected chi connectivity index (χ0v) is 18.9. The van der Waals surface area contributed by atoms with Crippen molar-refractivity contribution in [3.8, 4) is 0 Å². The first-order valence-electron chi connectivity index (χ1n) is 8.72. The van der Waals surface area contributed by atoms with Gasteiger partial charge in [-0.25, -0.2) is 9.78 Å². The number of halogens is 1. The summed E-state index contributed by atoms with van der Waals surface area (Å²) in [7, 11) is 0. The number of amides is 1.